The molecule has 0 spiro atoms. The molecule has 45 heavy (non-hydrogen) atoms. The molecule has 4 amide bonds. The molecule has 1 aromatic heterocycles. The van der Waals surface area contributed by atoms with Crippen LogP contribution in [-0.4, -0.2) is 107 Å². The van der Waals surface area contributed by atoms with E-state index in [9.17, 15) is 24.3 Å². The summed E-state index contributed by atoms with van der Waals surface area (Å²) in [7, 11) is 1.53. The topological polar surface area (TPSA) is 153 Å². The summed E-state index contributed by atoms with van der Waals surface area (Å²) in [5, 5.41) is 20.1. The summed E-state index contributed by atoms with van der Waals surface area (Å²) in [5.41, 5.74) is 1.76. The number of nitrogens with zero attached hydrogens (tertiary/aromatic N) is 3. The standard InChI is InChI=1S/C33H46N6O6/c1-21(2)16-27-33(44)38(4)22(3)31(42)37-26(17-23-8-6-5-7-9-23)32(43)36-25-12-15-45-28(30(25)41)19-39(20-29(40)35-27)18-24-10-13-34-14-11-24/h5-11,13-14,21-22,25-28,30,41H,12,15-20H2,1-4H3,(H,35,40)(H,36,43)(H,37,42)/t22-,25-,26-,27+,28+,30-/m0/s1. The minimum atomic E-state index is -1.06. The molecule has 2 fully saturated rings. The summed E-state index contributed by atoms with van der Waals surface area (Å²) >= 11 is 0. The number of carbonyl (C=O) groups excluding carboxylic acids is 4. The third-order valence-electron chi connectivity index (χ3n) is 8.41. The first-order chi connectivity index (χ1) is 21.5. The van der Waals surface area contributed by atoms with Crippen molar-refractivity contribution in [1.29, 1.82) is 0 Å². The molecule has 2 saturated heterocycles. The molecule has 12 heteroatoms. The number of hydrogen-bond acceptors (Lipinski definition) is 8. The second-order valence-corrected chi connectivity index (χ2v) is 12.5. The van der Waals surface area contributed by atoms with Crippen LogP contribution in [0.25, 0.3) is 0 Å². The minimum absolute atomic E-state index is 0.0628. The summed E-state index contributed by atoms with van der Waals surface area (Å²) in [6.07, 6.45) is 2.55. The Morgan fingerprint density at radius 3 is 2.36 bits per heavy atom. The lowest BCUT2D eigenvalue weighted by Gasteiger charge is -2.38. The van der Waals surface area contributed by atoms with E-state index < -0.39 is 54.1 Å². The fraction of sp³-hybridized carbons (Fsp3) is 0.545. The lowest BCUT2D eigenvalue weighted by molar-refractivity contribution is -0.142. The quantitative estimate of drug-likeness (QED) is 0.366. The van der Waals surface area contributed by atoms with E-state index in [1.165, 1.54) is 11.9 Å². The lowest BCUT2D eigenvalue weighted by atomic mass is 9.97. The molecule has 244 valence electrons. The third-order valence-corrected chi connectivity index (χ3v) is 8.41. The Hall–Kier alpha value is -3.87. The molecule has 2 aliphatic heterocycles. The van der Waals surface area contributed by atoms with E-state index >= 15 is 0 Å². The van der Waals surface area contributed by atoms with Crippen molar-refractivity contribution >= 4 is 23.6 Å². The number of ether oxygens (including phenoxy) is 1. The number of pyridine rings is 1. The molecule has 4 N–H and O–H groups in total. The van der Waals surface area contributed by atoms with Crippen LogP contribution in [0.2, 0.25) is 0 Å². The van der Waals surface area contributed by atoms with Gasteiger partial charge in [0.1, 0.15) is 24.2 Å². The average molecular weight is 623 g/mol. The summed E-state index contributed by atoms with van der Waals surface area (Å²) < 4.78 is 5.97. The first-order valence-electron chi connectivity index (χ1n) is 15.6. The van der Waals surface area contributed by atoms with Gasteiger partial charge in [0.05, 0.1) is 18.7 Å². The Morgan fingerprint density at radius 1 is 0.956 bits per heavy atom. The highest BCUT2D eigenvalue weighted by atomic mass is 16.5. The highest BCUT2D eigenvalue weighted by Gasteiger charge is 2.38. The number of amides is 4. The number of likely N-dealkylation sites (N-methyl/N-ethyl adjacent to an activating group) is 1. The molecule has 6 atom stereocenters. The van der Waals surface area contributed by atoms with Crippen molar-refractivity contribution in [3.63, 3.8) is 0 Å². The van der Waals surface area contributed by atoms with Crippen LogP contribution in [0, 0.1) is 5.92 Å². The number of aliphatic hydroxyl groups excluding tert-OH is 1. The van der Waals surface area contributed by atoms with E-state index in [1.807, 2.05) is 61.2 Å². The van der Waals surface area contributed by atoms with Gasteiger partial charge in [0.2, 0.25) is 23.6 Å². The molecule has 0 unspecified atom stereocenters. The summed E-state index contributed by atoms with van der Waals surface area (Å²) in [6, 6.07) is 9.66. The number of rotatable bonds is 6. The second kappa shape index (κ2) is 15.9. The SMILES string of the molecule is CC(C)C[C@H]1NC(=O)CN(Cc2ccncc2)C[C@H]2OCC[C@H](NC(=O)[C@H](Cc3ccccc3)NC(=O)[C@H](C)N(C)C1=O)[C@@H]2O. The molecule has 0 radical (unpaired) electrons. The third kappa shape index (κ3) is 9.56. The van der Waals surface area contributed by atoms with Crippen LogP contribution in [0.5, 0.6) is 0 Å². The van der Waals surface area contributed by atoms with Crippen LogP contribution in [0.4, 0.5) is 0 Å². The minimum Gasteiger partial charge on any atom is -0.388 e. The maximum atomic E-state index is 13.7. The lowest BCUT2D eigenvalue weighted by Crippen LogP contribution is -2.60. The maximum absolute atomic E-state index is 13.7. The van der Waals surface area contributed by atoms with Crippen LogP contribution < -0.4 is 16.0 Å². The molecule has 2 aliphatic rings. The summed E-state index contributed by atoms with van der Waals surface area (Å²) in [4.78, 5) is 61.6. The van der Waals surface area contributed by atoms with Crippen molar-refractivity contribution < 1.29 is 29.0 Å². The van der Waals surface area contributed by atoms with Crippen molar-refractivity contribution in [3.05, 3.63) is 66.0 Å². The van der Waals surface area contributed by atoms with E-state index in [1.54, 1.807) is 19.3 Å². The van der Waals surface area contributed by atoms with Crippen molar-refractivity contribution in [2.24, 2.45) is 5.92 Å². The number of fused-ring (bicyclic) bond motifs is 2. The van der Waals surface area contributed by atoms with Gasteiger partial charge in [-0.1, -0.05) is 44.2 Å². The molecule has 0 saturated carbocycles. The molecule has 2 aromatic rings. The van der Waals surface area contributed by atoms with E-state index in [4.69, 9.17) is 4.74 Å². The van der Waals surface area contributed by atoms with Crippen molar-refractivity contribution in [2.75, 3.05) is 26.7 Å². The van der Waals surface area contributed by atoms with Gasteiger partial charge in [0.25, 0.3) is 0 Å². The monoisotopic (exact) mass is 622 g/mol. The van der Waals surface area contributed by atoms with Gasteiger partial charge in [0.15, 0.2) is 0 Å². The van der Waals surface area contributed by atoms with Gasteiger partial charge in [0, 0.05) is 45.6 Å². The van der Waals surface area contributed by atoms with Gasteiger partial charge in [-0.15, -0.1) is 0 Å². The Labute approximate surface area is 264 Å². The van der Waals surface area contributed by atoms with E-state index in [0.29, 0.717) is 26.0 Å². The van der Waals surface area contributed by atoms with E-state index in [-0.39, 0.29) is 31.3 Å². The van der Waals surface area contributed by atoms with E-state index in [0.717, 1.165) is 11.1 Å². The molecule has 12 nitrogen and oxygen atoms in total. The van der Waals surface area contributed by atoms with Crippen molar-refractivity contribution in [1.82, 2.24) is 30.7 Å². The Morgan fingerprint density at radius 2 is 1.67 bits per heavy atom. The maximum Gasteiger partial charge on any atom is 0.245 e. The number of benzene rings is 1. The van der Waals surface area contributed by atoms with E-state index in [2.05, 4.69) is 20.9 Å². The Bertz CT molecular complexity index is 1300. The van der Waals surface area contributed by atoms with Crippen LogP contribution in [0.1, 0.15) is 44.7 Å². The van der Waals surface area contributed by atoms with Gasteiger partial charge in [-0.2, -0.15) is 0 Å². The smallest absolute Gasteiger partial charge is 0.245 e. The number of aliphatic hydroxyl groups is 1. The van der Waals surface area contributed by atoms with Crippen molar-refractivity contribution in [2.45, 2.75) is 83.0 Å². The molecule has 1 aromatic carbocycles. The predicted octanol–water partition coefficient (Wildman–Crippen LogP) is 0.637. The van der Waals surface area contributed by atoms with Crippen LogP contribution >= 0.6 is 0 Å². The first kappa shape index (κ1) is 34.0. The Balaban J connectivity index is 1.67. The highest BCUT2D eigenvalue weighted by molar-refractivity contribution is 5.94. The fourth-order valence-electron chi connectivity index (χ4n) is 5.76. The van der Waals surface area contributed by atoms with Gasteiger partial charge < -0.3 is 30.7 Å². The highest BCUT2D eigenvalue weighted by Crippen LogP contribution is 2.19. The normalized spacial score (nSPS) is 27.8. The number of aromatic nitrogens is 1. The molecule has 0 aliphatic carbocycles. The van der Waals surface area contributed by atoms with Gasteiger partial charge in [-0.25, -0.2) is 0 Å². The van der Waals surface area contributed by atoms with Crippen LogP contribution in [0.15, 0.2) is 54.9 Å². The van der Waals surface area contributed by atoms with Crippen LogP contribution in [0.3, 0.4) is 0 Å². The largest absolute Gasteiger partial charge is 0.388 e. The number of hydrogen-bond donors (Lipinski definition) is 4. The summed E-state index contributed by atoms with van der Waals surface area (Å²) in [6.45, 7) is 6.31. The van der Waals surface area contributed by atoms with Crippen LogP contribution in [-0.2, 0) is 36.9 Å². The van der Waals surface area contributed by atoms with Crippen molar-refractivity contribution in [3.8, 4) is 0 Å². The zero-order valence-corrected chi connectivity index (χ0v) is 26.5. The molecular weight excluding hydrogens is 576 g/mol. The molecular formula is C33H46N6O6. The van der Waals surface area contributed by atoms with Gasteiger partial charge in [-0.05, 0) is 48.9 Å². The summed E-state index contributed by atoms with van der Waals surface area (Å²) in [5.74, 6) is -1.62. The fourth-order valence-corrected chi connectivity index (χ4v) is 5.76. The second-order valence-electron chi connectivity index (χ2n) is 12.5. The first-order valence-corrected chi connectivity index (χ1v) is 15.6. The molecule has 3 heterocycles. The van der Waals surface area contributed by atoms with Gasteiger partial charge in [-0.3, -0.25) is 29.1 Å². The molecule has 4 rings (SSSR count). The Kier molecular flexibility index (Phi) is 12.0. The molecule has 2 bridgehead atoms. The number of nitrogens with one attached hydrogen (secondary N) is 3. The predicted molar refractivity (Wildman–Crippen MR) is 168 cm³/mol. The average Bonchev–Trinajstić information content (AvgIpc) is 3.01. The number of carbonyl (C=O) groups is 4. The van der Waals surface area contributed by atoms with Gasteiger partial charge >= 0.3 is 0 Å². The zero-order chi connectivity index (χ0) is 32.5. The zero-order valence-electron chi connectivity index (χ0n) is 26.5.